The first-order valence-electron chi connectivity index (χ1n) is 7.48. The lowest BCUT2D eigenvalue weighted by molar-refractivity contribution is -0.128. The highest BCUT2D eigenvalue weighted by atomic mass is 16.5. The second-order valence-corrected chi connectivity index (χ2v) is 6.16. The fourth-order valence-corrected chi connectivity index (χ4v) is 3.26. The minimum atomic E-state index is 0.274. The molecule has 4 unspecified atom stereocenters. The highest BCUT2D eigenvalue weighted by molar-refractivity contribution is 5.81. The van der Waals surface area contributed by atoms with Gasteiger partial charge in [0.25, 0.3) is 0 Å². The zero-order chi connectivity index (χ0) is 13.1. The number of rotatable bonds is 3. The number of ketones is 1. The average Bonchev–Trinajstić information content (AvgIpc) is 2.36. The van der Waals surface area contributed by atoms with E-state index in [9.17, 15) is 4.79 Å². The van der Waals surface area contributed by atoms with Gasteiger partial charge in [-0.05, 0) is 32.6 Å². The molecule has 0 spiro atoms. The van der Waals surface area contributed by atoms with Crippen molar-refractivity contribution in [1.82, 2.24) is 4.90 Å². The van der Waals surface area contributed by atoms with E-state index in [-0.39, 0.29) is 5.92 Å². The lowest BCUT2D eigenvalue weighted by Crippen LogP contribution is -2.50. The van der Waals surface area contributed by atoms with Gasteiger partial charge in [-0.2, -0.15) is 0 Å². The van der Waals surface area contributed by atoms with Crippen LogP contribution in [0.25, 0.3) is 0 Å². The number of carbonyl (C=O) groups excluding carboxylic acids is 1. The van der Waals surface area contributed by atoms with Gasteiger partial charge in [-0.15, -0.1) is 0 Å². The summed E-state index contributed by atoms with van der Waals surface area (Å²) in [6.07, 6.45) is 4.55. The maximum absolute atomic E-state index is 12.1. The first-order valence-corrected chi connectivity index (χ1v) is 7.48. The molecule has 1 saturated carbocycles. The molecule has 1 saturated heterocycles. The van der Waals surface area contributed by atoms with E-state index in [0.717, 1.165) is 44.9 Å². The van der Waals surface area contributed by atoms with Crippen molar-refractivity contribution in [2.24, 2.45) is 11.8 Å². The molecule has 0 aromatic carbocycles. The Morgan fingerprint density at radius 1 is 1.39 bits per heavy atom. The minimum Gasteiger partial charge on any atom is -0.376 e. The summed E-state index contributed by atoms with van der Waals surface area (Å²) in [5.41, 5.74) is 0. The summed E-state index contributed by atoms with van der Waals surface area (Å²) in [6.45, 7) is 9.30. The molecular weight excluding hydrogens is 226 g/mol. The molecule has 3 heteroatoms. The van der Waals surface area contributed by atoms with Crippen LogP contribution in [0, 0.1) is 11.8 Å². The van der Waals surface area contributed by atoms with Gasteiger partial charge in [-0.1, -0.05) is 13.3 Å². The Hall–Kier alpha value is -0.410. The van der Waals surface area contributed by atoms with Crippen molar-refractivity contribution in [1.29, 1.82) is 0 Å². The highest BCUT2D eigenvalue weighted by Crippen LogP contribution is 2.30. The van der Waals surface area contributed by atoms with Crippen molar-refractivity contribution < 1.29 is 9.53 Å². The number of nitrogens with zero attached hydrogens (tertiary/aromatic N) is 1. The molecule has 1 heterocycles. The first kappa shape index (κ1) is 14.0. The van der Waals surface area contributed by atoms with E-state index in [1.807, 2.05) is 0 Å². The molecular formula is C15H27NO2. The predicted octanol–water partition coefficient (Wildman–Crippen LogP) is 2.49. The molecule has 0 bridgehead atoms. The Morgan fingerprint density at radius 3 is 2.89 bits per heavy atom. The monoisotopic (exact) mass is 253 g/mol. The number of morpholine rings is 1. The van der Waals surface area contributed by atoms with Crippen LogP contribution in [0.4, 0.5) is 0 Å². The Morgan fingerprint density at radius 2 is 2.17 bits per heavy atom. The summed E-state index contributed by atoms with van der Waals surface area (Å²) in [6, 6.07) is 0.455. The van der Waals surface area contributed by atoms with Gasteiger partial charge in [-0.3, -0.25) is 9.69 Å². The molecule has 0 radical (unpaired) electrons. The zero-order valence-electron chi connectivity index (χ0n) is 12.0. The fraction of sp³-hybridized carbons (Fsp3) is 0.933. The summed E-state index contributed by atoms with van der Waals surface area (Å²) >= 11 is 0. The van der Waals surface area contributed by atoms with Gasteiger partial charge in [0, 0.05) is 31.5 Å². The van der Waals surface area contributed by atoms with Crippen LogP contribution in [0.3, 0.4) is 0 Å². The Balaban J connectivity index is 1.92. The van der Waals surface area contributed by atoms with Crippen molar-refractivity contribution in [3.05, 3.63) is 0 Å². The van der Waals surface area contributed by atoms with Crippen LogP contribution in [0.15, 0.2) is 0 Å². The van der Waals surface area contributed by atoms with Crippen molar-refractivity contribution >= 4 is 5.78 Å². The number of hydrogen-bond acceptors (Lipinski definition) is 3. The smallest absolute Gasteiger partial charge is 0.137 e. The number of Topliss-reactive ketones (excluding diaryl/α,β-unsaturated/α-hetero) is 1. The summed E-state index contributed by atoms with van der Waals surface area (Å²) in [5.74, 6) is 1.53. The van der Waals surface area contributed by atoms with Crippen LogP contribution in [-0.4, -0.2) is 42.5 Å². The van der Waals surface area contributed by atoms with Gasteiger partial charge in [0.15, 0.2) is 0 Å². The van der Waals surface area contributed by atoms with Crippen molar-refractivity contribution in [2.75, 3.05) is 19.7 Å². The number of carbonyl (C=O) groups is 1. The number of hydrogen-bond donors (Lipinski definition) is 0. The standard InChI is InChI=1S/C15H27NO2/c1-4-13-5-6-15(17)14(7-13)9-16-8-12(3)18-10-11(16)2/h11-14H,4-10H2,1-3H3. The van der Waals surface area contributed by atoms with Crippen LogP contribution < -0.4 is 0 Å². The SMILES string of the molecule is CCC1CCC(=O)C(CN2CC(C)OCC2C)C1. The fourth-order valence-electron chi connectivity index (χ4n) is 3.26. The normalized spacial score (nSPS) is 38.9. The first-order chi connectivity index (χ1) is 8.60. The van der Waals surface area contributed by atoms with Crippen molar-refractivity contribution in [3.8, 4) is 0 Å². The molecule has 1 aliphatic carbocycles. The van der Waals surface area contributed by atoms with Crippen molar-refractivity contribution in [2.45, 2.75) is 58.6 Å². The topological polar surface area (TPSA) is 29.5 Å². The molecule has 0 amide bonds. The van der Waals surface area contributed by atoms with Gasteiger partial charge in [0.1, 0.15) is 5.78 Å². The lowest BCUT2D eigenvalue weighted by Gasteiger charge is -2.40. The third-order valence-electron chi connectivity index (χ3n) is 4.64. The van der Waals surface area contributed by atoms with Gasteiger partial charge in [0.05, 0.1) is 12.7 Å². The van der Waals surface area contributed by atoms with Gasteiger partial charge < -0.3 is 4.74 Å². The minimum absolute atomic E-state index is 0.274. The Bertz CT molecular complexity index is 292. The van der Waals surface area contributed by atoms with Crippen molar-refractivity contribution in [3.63, 3.8) is 0 Å². The lowest BCUT2D eigenvalue weighted by atomic mass is 9.79. The van der Waals surface area contributed by atoms with E-state index in [2.05, 4.69) is 25.7 Å². The van der Waals surface area contributed by atoms with E-state index < -0.39 is 0 Å². The Kier molecular flexibility index (Phi) is 4.79. The third kappa shape index (κ3) is 3.33. The molecule has 4 atom stereocenters. The molecule has 0 aromatic rings. The van der Waals surface area contributed by atoms with E-state index in [0.29, 0.717) is 17.9 Å². The molecule has 3 nitrogen and oxygen atoms in total. The Labute approximate surface area is 111 Å². The van der Waals surface area contributed by atoms with E-state index in [1.165, 1.54) is 6.42 Å². The molecule has 18 heavy (non-hydrogen) atoms. The molecule has 104 valence electrons. The van der Waals surface area contributed by atoms with E-state index in [1.54, 1.807) is 0 Å². The maximum atomic E-state index is 12.1. The van der Waals surface area contributed by atoms with Crippen LogP contribution >= 0.6 is 0 Å². The largest absolute Gasteiger partial charge is 0.376 e. The molecule has 1 aliphatic heterocycles. The highest BCUT2D eigenvalue weighted by Gasteiger charge is 2.32. The second kappa shape index (κ2) is 6.16. The second-order valence-electron chi connectivity index (χ2n) is 6.16. The van der Waals surface area contributed by atoms with E-state index >= 15 is 0 Å². The summed E-state index contributed by atoms with van der Waals surface area (Å²) in [5, 5.41) is 0. The maximum Gasteiger partial charge on any atom is 0.137 e. The van der Waals surface area contributed by atoms with Crippen LogP contribution in [0.2, 0.25) is 0 Å². The average molecular weight is 253 g/mol. The van der Waals surface area contributed by atoms with Crippen LogP contribution in [-0.2, 0) is 9.53 Å². The summed E-state index contributed by atoms with van der Waals surface area (Å²) < 4.78 is 5.65. The molecule has 0 aromatic heterocycles. The number of ether oxygens (including phenoxy) is 1. The molecule has 2 rings (SSSR count). The van der Waals surface area contributed by atoms with Gasteiger partial charge in [0.2, 0.25) is 0 Å². The molecule has 2 fully saturated rings. The zero-order valence-corrected chi connectivity index (χ0v) is 12.0. The quantitative estimate of drug-likeness (QED) is 0.774. The van der Waals surface area contributed by atoms with Gasteiger partial charge >= 0.3 is 0 Å². The third-order valence-corrected chi connectivity index (χ3v) is 4.64. The van der Waals surface area contributed by atoms with Gasteiger partial charge in [-0.25, -0.2) is 0 Å². The van der Waals surface area contributed by atoms with E-state index in [4.69, 9.17) is 4.74 Å². The molecule has 0 N–H and O–H groups in total. The summed E-state index contributed by atoms with van der Waals surface area (Å²) in [7, 11) is 0. The predicted molar refractivity (Wildman–Crippen MR) is 72.6 cm³/mol. The van der Waals surface area contributed by atoms with Crippen LogP contribution in [0.5, 0.6) is 0 Å². The van der Waals surface area contributed by atoms with Crippen LogP contribution in [0.1, 0.15) is 46.5 Å². The summed E-state index contributed by atoms with van der Waals surface area (Å²) in [4.78, 5) is 14.5. The molecule has 2 aliphatic rings.